The van der Waals surface area contributed by atoms with Crippen LogP contribution in [0.25, 0.3) is 0 Å². The van der Waals surface area contributed by atoms with E-state index in [9.17, 15) is 14.4 Å². The highest BCUT2D eigenvalue weighted by Gasteiger charge is 2.26. The van der Waals surface area contributed by atoms with Gasteiger partial charge in [-0.1, -0.05) is 0 Å². The van der Waals surface area contributed by atoms with Gasteiger partial charge in [0.25, 0.3) is 0 Å². The monoisotopic (exact) mass is 392 g/mol. The summed E-state index contributed by atoms with van der Waals surface area (Å²) in [5, 5.41) is 0. The molecule has 0 spiro atoms. The molecule has 2 heterocycles. The summed E-state index contributed by atoms with van der Waals surface area (Å²) < 4.78 is 5.85. The van der Waals surface area contributed by atoms with Crippen molar-refractivity contribution in [3.63, 3.8) is 0 Å². The van der Waals surface area contributed by atoms with Gasteiger partial charge in [0, 0.05) is 28.1 Å². The number of pyridine rings is 1. The number of H-pyrrole nitrogens is 1. The molecule has 0 saturated heterocycles. The van der Waals surface area contributed by atoms with Crippen LogP contribution in [0.15, 0.2) is 22.9 Å². The lowest BCUT2D eigenvalue weighted by molar-refractivity contribution is 0.0316. The molecule has 1 N–H and O–H groups in total. The SMILES string of the molecule is CC(=O)c1c(C)[nH]c(C(=O)[C@@H](C)OC(=O)c2cncc(Br)c2)c1C. The molecule has 2 aromatic heterocycles. The van der Waals surface area contributed by atoms with Gasteiger partial charge in [-0.15, -0.1) is 0 Å². The molecule has 0 aromatic carbocycles. The summed E-state index contributed by atoms with van der Waals surface area (Å²) in [6.07, 6.45) is 1.91. The number of nitrogens with zero attached hydrogens (tertiary/aromatic N) is 1. The van der Waals surface area contributed by atoms with Crippen molar-refractivity contribution in [2.75, 3.05) is 0 Å². The van der Waals surface area contributed by atoms with E-state index >= 15 is 0 Å². The molecule has 2 aromatic rings. The topological polar surface area (TPSA) is 89.1 Å². The van der Waals surface area contributed by atoms with E-state index in [0.29, 0.717) is 21.3 Å². The summed E-state index contributed by atoms with van der Waals surface area (Å²) in [5.74, 6) is -1.15. The lowest BCUT2D eigenvalue weighted by Gasteiger charge is -2.12. The van der Waals surface area contributed by atoms with E-state index in [2.05, 4.69) is 25.9 Å². The fourth-order valence-corrected chi connectivity index (χ4v) is 2.90. The van der Waals surface area contributed by atoms with Gasteiger partial charge in [-0.2, -0.15) is 0 Å². The van der Waals surface area contributed by atoms with Gasteiger partial charge in [-0.3, -0.25) is 14.6 Å². The lowest BCUT2D eigenvalue weighted by atomic mass is 10.0. The summed E-state index contributed by atoms with van der Waals surface area (Å²) in [6, 6.07) is 1.56. The summed E-state index contributed by atoms with van der Waals surface area (Å²) >= 11 is 3.22. The predicted octanol–water partition coefficient (Wildman–Crippen LogP) is 3.42. The first-order valence-electron chi connectivity index (χ1n) is 7.28. The van der Waals surface area contributed by atoms with Crippen LogP contribution in [0.4, 0.5) is 0 Å². The average molecular weight is 393 g/mol. The van der Waals surface area contributed by atoms with Crippen LogP contribution in [0.1, 0.15) is 56.3 Å². The Morgan fingerprint density at radius 1 is 1.25 bits per heavy atom. The number of carbonyl (C=O) groups excluding carboxylic acids is 3. The van der Waals surface area contributed by atoms with Crippen LogP contribution in [-0.2, 0) is 4.74 Å². The molecule has 0 saturated carbocycles. The molecule has 24 heavy (non-hydrogen) atoms. The van der Waals surface area contributed by atoms with Crippen molar-refractivity contribution in [3.8, 4) is 0 Å². The summed E-state index contributed by atoms with van der Waals surface area (Å²) in [6.45, 7) is 6.36. The Morgan fingerprint density at radius 3 is 2.46 bits per heavy atom. The van der Waals surface area contributed by atoms with E-state index in [0.717, 1.165) is 0 Å². The second-order valence-corrected chi connectivity index (χ2v) is 6.40. The fourth-order valence-electron chi connectivity index (χ4n) is 2.53. The second kappa shape index (κ2) is 7.09. The minimum Gasteiger partial charge on any atom is -0.451 e. The first-order valence-corrected chi connectivity index (χ1v) is 8.07. The predicted molar refractivity (Wildman–Crippen MR) is 91.4 cm³/mol. The molecule has 0 aliphatic rings. The van der Waals surface area contributed by atoms with Crippen molar-refractivity contribution in [1.82, 2.24) is 9.97 Å². The Kier molecular flexibility index (Phi) is 5.33. The number of esters is 1. The van der Waals surface area contributed by atoms with Crippen LogP contribution in [0.5, 0.6) is 0 Å². The third kappa shape index (κ3) is 3.62. The molecular formula is C17H17BrN2O4. The molecule has 126 valence electrons. The number of ether oxygens (including phenoxy) is 1. The van der Waals surface area contributed by atoms with Gasteiger partial charge in [-0.05, 0) is 55.3 Å². The number of halogens is 1. The largest absolute Gasteiger partial charge is 0.451 e. The average Bonchev–Trinajstić information content (AvgIpc) is 2.81. The molecular weight excluding hydrogens is 376 g/mol. The standard InChI is InChI=1S/C17H17BrN2O4/c1-8-14(10(3)21)9(2)20-15(8)16(22)11(4)24-17(23)12-5-13(18)7-19-6-12/h5-7,11,20H,1-4H3/t11-/m1/s1. The molecule has 0 amide bonds. The van der Waals surface area contributed by atoms with Crippen LogP contribution >= 0.6 is 15.9 Å². The molecule has 2 rings (SSSR count). The third-order valence-electron chi connectivity index (χ3n) is 3.63. The third-order valence-corrected chi connectivity index (χ3v) is 4.06. The summed E-state index contributed by atoms with van der Waals surface area (Å²) in [7, 11) is 0. The molecule has 0 bridgehead atoms. The number of hydrogen-bond donors (Lipinski definition) is 1. The zero-order chi connectivity index (χ0) is 18.0. The minimum absolute atomic E-state index is 0.120. The van der Waals surface area contributed by atoms with E-state index in [1.54, 1.807) is 26.1 Å². The van der Waals surface area contributed by atoms with Gasteiger partial charge in [0.05, 0.1) is 11.3 Å². The van der Waals surface area contributed by atoms with Gasteiger partial charge in [0.15, 0.2) is 11.9 Å². The van der Waals surface area contributed by atoms with Crippen LogP contribution in [0.3, 0.4) is 0 Å². The van der Waals surface area contributed by atoms with Crippen LogP contribution < -0.4 is 0 Å². The molecule has 0 fully saturated rings. The quantitative estimate of drug-likeness (QED) is 0.621. The van der Waals surface area contributed by atoms with Crippen molar-refractivity contribution < 1.29 is 19.1 Å². The van der Waals surface area contributed by atoms with Crippen molar-refractivity contribution in [2.45, 2.75) is 33.8 Å². The Labute approximate surface area is 147 Å². The number of hydrogen-bond acceptors (Lipinski definition) is 5. The number of rotatable bonds is 5. The molecule has 6 nitrogen and oxygen atoms in total. The van der Waals surface area contributed by atoms with Gasteiger partial charge in [0.2, 0.25) is 5.78 Å². The molecule has 7 heteroatoms. The summed E-state index contributed by atoms with van der Waals surface area (Å²) in [5.41, 5.74) is 2.21. The van der Waals surface area contributed by atoms with E-state index in [4.69, 9.17) is 4.74 Å². The van der Waals surface area contributed by atoms with Crippen molar-refractivity contribution in [1.29, 1.82) is 0 Å². The number of ketones is 2. The maximum absolute atomic E-state index is 12.5. The first kappa shape index (κ1) is 18.1. The number of aromatic amines is 1. The summed E-state index contributed by atoms with van der Waals surface area (Å²) in [4.78, 5) is 43.1. The smallest absolute Gasteiger partial charge is 0.340 e. The number of carbonyl (C=O) groups is 3. The highest BCUT2D eigenvalue weighted by molar-refractivity contribution is 9.10. The number of nitrogens with one attached hydrogen (secondary N) is 1. The van der Waals surface area contributed by atoms with Crippen LogP contribution in [-0.4, -0.2) is 33.6 Å². The number of aryl methyl sites for hydroxylation is 1. The maximum atomic E-state index is 12.5. The second-order valence-electron chi connectivity index (χ2n) is 5.48. The molecule has 0 aliphatic carbocycles. The highest BCUT2D eigenvalue weighted by Crippen LogP contribution is 2.21. The lowest BCUT2D eigenvalue weighted by Crippen LogP contribution is -2.25. The Bertz CT molecular complexity index is 826. The molecule has 0 unspecified atom stereocenters. The highest BCUT2D eigenvalue weighted by atomic mass is 79.9. The Balaban J connectivity index is 2.20. The number of aromatic nitrogens is 2. The van der Waals surface area contributed by atoms with E-state index in [1.165, 1.54) is 20.0 Å². The van der Waals surface area contributed by atoms with Gasteiger partial charge >= 0.3 is 5.97 Å². The molecule has 0 aliphatic heterocycles. The first-order chi connectivity index (χ1) is 11.2. The van der Waals surface area contributed by atoms with Crippen molar-refractivity contribution in [2.24, 2.45) is 0 Å². The van der Waals surface area contributed by atoms with Crippen LogP contribution in [0, 0.1) is 13.8 Å². The van der Waals surface area contributed by atoms with E-state index in [-0.39, 0.29) is 22.8 Å². The Hall–Kier alpha value is -2.28. The zero-order valence-corrected chi connectivity index (χ0v) is 15.4. The molecule has 1 atom stereocenters. The number of Topliss-reactive ketones (excluding diaryl/α,β-unsaturated/α-hetero) is 2. The van der Waals surface area contributed by atoms with Gasteiger partial charge < -0.3 is 9.72 Å². The van der Waals surface area contributed by atoms with Crippen molar-refractivity contribution >= 4 is 33.5 Å². The van der Waals surface area contributed by atoms with E-state index in [1.807, 2.05) is 0 Å². The Morgan fingerprint density at radius 2 is 1.92 bits per heavy atom. The fraction of sp³-hybridized carbons (Fsp3) is 0.294. The maximum Gasteiger partial charge on any atom is 0.340 e. The van der Waals surface area contributed by atoms with E-state index < -0.39 is 12.1 Å². The van der Waals surface area contributed by atoms with Gasteiger partial charge in [0.1, 0.15) is 0 Å². The van der Waals surface area contributed by atoms with Crippen LogP contribution in [0.2, 0.25) is 0 Å². The zero-order valence-electron chi connectivity index (χ0n) is 13.8. The molecule has 0 radical (unpaired) electrons. The minimum atomic E-state index is -0.993. The van der Waals surface area contributed by atoms with Gasteiger partial charge in [-0.25, -0.2) is 4.79 Å². The normalized spacial score (nSPS) is 11.9. The van der Waals surface area contributed by atoms with Crippen molar-refractivity contribution in [3.05, 3.63) is 51.0 Å².